The van der Waals surface area contributed by atoms with Crippen molar-refractivity contribution in [3.63, 3.8) is 0 Å². The van der Waals surface area contributed by atoms with Gasteiger partial charge in [0.25, 0.3) is 10.0 Å². The number of amides is 2. The molecule has 4 N–H and O–H groups in total. The van der Waals surface area contributed by atoms with Gasteiger partial charge in [-0.15, -0.1) is 0 Å². The molecule has 0 saturated heterocycles. The molecule has 0 spiro atoms. The summed E-state index contributed by atoms with van der Waals surface area (Å²) in [5.41, 5.74) is 5.39. The minimum absolute atomic E-state index is 0.0343. The zero-order valence-electron chi connectivity index (χ0n) is 18.0. The van der Waals surface area contributed by atoms with Crippen LogP contribution in [0.1, 0.15) is 17.5 Å². The number of nitrogens with one attached hydrogen (secondary N) is 4. The van der Waals surface area contributed by atoms with E-state index in [0.717, 1.165) is 0 Å². The summed E-state index contributed by atoms with van der Waals surface area (Å²) in [5.74, 6) is -1.76. The first-order chi connectivity index (χ1) is 15.3. The number of carbonyl (C=O) groups excluding carboxylic acids is 2. The molecule has 33 heavy (non-hydrogen) atoms. The van der Waals surface area contributed by atoms with Gasteiger partial charge < -0.3 is 5.32 Å². The molecule has 0 aromatic heterocycles. The predicted molar refractivity (Wildman–Crippen MR) is 123 cm³/mol. The Morgan fingerprint density at radius 2 is 1.61 bits per heavy atom. The lowest BCUT2D eigenvalue weighted by molar-refractivity contribution is -0.173. The average Bonchev–Trinajstić information content (AvgIpc) is 2.72. The van der Waals surface area contributed by atoms with Crippen molar-refractivity contribution in [3.8, 4) is 0 Å². The van der Waals surface area contributed by atoms with Gasteiger partial charge in [-0.1, -0.05) is 6.07 Å². The van der Waals surface area contributed by atoms with E-state index < -0.39 is 22.1 Å². The molecule has 0 saturated carbocycles. The van der Waals surface area contributed by atoms with E-state index in [1.165, 1.54) is 47.5 Å². The Bertz CT molecular complexity index is 1120. The van der Waals surface area contributed by atoms with Crippen molar-refractivity contribution in [2.75, 3.05) is 27.5 Å². The fraction of sp³-hybridized carbons (Fsp3) is 0.300. The lowest BCUT2D eigenvalue weighted by Gasteiger charge is -2.15. The molecule has 180 valence electrons. The lowest BCUT2D eigenvalue weighted by atomic mass is 10.1. The van der Waals surface area contributed by atoms with E-state index in [1.807, 2.05) is 6.26 Å². The number of halogens is 3. The lowest BCUT2D eigenvalue weighted by Crippen LogP contribution is -2.40. The van der Waals surface area contributed by atoms with Crippen molar-refractivity contribution >= 4 is 50.7 Å². The fourth-order valence-electron chi connectivity index (χ4n) is 2.70. The van der Waals surface area contributed by atoms with Gasteiger partial charge >= 0.3 is 12.1 Å². The van der Waals surface area contributed by atoms with Crippen molar-refractivity contribution < 1.29 is 31.2 Å². The molecule has 0 radical (unpaired) electrons. The average molecular weight is 505 g/mol. The zero-order chi connectivity index (χ0) is 24.8. The van der Waals surface area contributed by atoms with Crippen LogP contribution in [0.2, 0.25) is 0 Å². The van der Waals surface area contributed by atoms with Gasteiger partial charge in [0.15, 0.2) is 0 Å². The van der Waals surface area contributed by atoms with Crippen LogP contribution >= 0.6 is 11.8 Å². The summed E-state index contributed by atoms with van der Waals surface area (Å²) in [6.45, 7) is 3.38. The molecule has 2 aromatic carbocycles. The van der Waals surface area contributed by atoms with Crippen LogP contribution in [0.5, 0.6) is 0 Å². The number of aryl methyl sites for hydroxylation is 2. The number of thioether (sulfide) groups is 1. The maximum Gasteiger partial charge on any atom is 0.472 e. The topological polar surface area (TPSA) is 116 Å². The molecule has 2 rings (SSSR count). The molecule has 0 unspecified atom stereocenters. The highest BCUT2D eigenvalue weighted by molar-refractivity contribution is 7.98. The van der Waals surface area contributed by atoms with Crippen LogP contribution < -0.4 is 20.9 Å². The first kappa shape index (κ1) is 26.3. The second-order valence-corrected chi connectivity index (χ2v) is 9.62. The monoisotopic (exact) mass is 504 g/mol. The Morgan fingerprint density at radius 3 is 2.18 bits per heavy atom. The molecule has 0 atom stereocenters. The summed E-state index contributed by atoms with van der Waals surface area (Å²) < 4.78 is 64.9. The van der Waals surface area contributed by atoms with Crippen molar-refractivity contribution in [2.45, 2.75) is 31.3 Å². The molecule has 2 amide bonds. The number of rotatable bonds is 9. The van der Waals surface area contributed by atoms with E-state index >= 15 is 0 Å². The maximum atomic E-state index is 12.9. The van der Waals surface area contributed by atoms with Crippen molar-refractivity contribution in [2.24, 2.45) is 0 Å². The van der Waals surface area contributed by atoms with E-state index in [0.29, 0.717) is 29.0 Å². The molecule has 0 heterocycles. The quantitative estimate of drug-likeness (QED) is 0.386. The van der Waals surface area contributed by atoms with Crippen molar-refractivity contribution in [1.29, 1.82) is 0 Å². The number of carbonyl (C=O) groups is 2. The van der Waals surface area contributed by atoms with Crippen molar-refractivity contribution in [1.82, 2.24) is 5.43 Å². The van der Waals surface area contributed by atoms with Gasteiger partial charge in [0.1, 0.15) is 0 Å². The zero-order valence-corrected chi connectivity index (χ0v) is 19.6. The summed E-state index contributed by atoms with van der Waals surface area (Å²) in [6.07, 6.45) is -2.87. The minimum atomic E-state index is -5.04. The third-order valence-corrected chi connectivity index (χ3v) is 6.47. The summed E-state index contributed by atoms with van der Waals surface area (Å²) in [6, 6.07) is 8.23. The summed E-state index contributed by atoms with van der Waals surface area (Å²) in [5, 5.41) is 2.72. The van der Waals surface area contributed by atoms with E-state index in [9.17, 15) is 31.2 Å². The second kappa shape index (κ2) is 10.8. The minimum Gasteiger partial charge on any atom is -0.326 e. The van der Waals surface area contributed by atoms with Crippen molar-refractivity contribution in [3.05, 3.63) is 47.5 Å². The molecule has 0 aliphatic rings. The van der Waals surface area contributed by atoms with Crippen LogP contribution in [0.25, 0.3) is 0 Å². The van der Waals surface area contributed by atoms with Gasteiger partial charge in [-0.3, -0.25) is 25.2 Å². The largest absolute Gasteiger partial charge is 0.472 e. The third-order valence-electron chi connectivity index (χ3n) is 4.33. The van der Waals surface area contributed by atoms with Gasteiger partial charge in [0.05, 0.1) is 10.6 Å². The normalized spacial score (nSPS) is 11.6. The summed E-state index contributed by atoms with van der Waals surface area (Å²) in [4.78, 5) is 22.9. The number of hydrogen-bond acceptors (Lipinski definition) is 6. The van der Waals surface area contributed by atoms with Gasteiger partial charge in [-0.2, -0.15) is 24.9 Å². The van der Waals surface area contributed by atoms with Gasteiger partial charge in [0.2, 0.25) is 5.91 Å². The Morgan fingerprint density at radius 1 is 1.00 bits per heavy atom. The number of hydrazine groups is 1. The number of benzene rings is 2. The molecule has 13 heteroatoms. The Balaban J connectivity index is 2.15. The van der Waals surface area contributed by atoms with Crippen LogP contribution in [0.4, 0.5) is 30.2 Å². The first-order valence-corrected chi connectivity index (χ1v) is 12.4. The van der Waals surface area contributed by atoms with Gasteiger partial charge in [-0.05, 0) is 61.6 Å². The number of hydrogen-bond donors (Lipinski definition) is 4. The molecule has 0 bridgehead atoms. The van der Waals surface area contributed by atoms with Crippen LogP contribution in [-0.4, -0.2) is 38.4 Å². The standard InChI is InChI=1S/C20H23F3N4O4S2/c1-12-10-13(2)17(11-16(12)24-18(28)8-9-32-3)33(30,31)27-15-6-4-14(5-7-15)25-26-19(29)20(21,22)23/h4-7,10-11,25,27H,8-9H2,1-3H3,(H,24,28)(H,26,29). The Labute approximate surface area is 193 Å². The SMILES string of the molecule is CSCCC(=O)Nc1cc(S(=O)(=O)Nc2ccc(NNC(=O)C(F)(F)F)cc2)c(C)cc1C. The summed E-state index contributed by atoms with van der Waals surface area (Å²) >= 11 is 1.52. The van der Waals surface area contributed by atoms with Gasteiger partial charge in [-0.25, -0.2) is 8.42 Å². The fourth-order valence-corrected chi connectivity index (χ4v) is 4.40. The number of anilines is 3. The maximum absolute atomic E-state index is 12.9. The van der Waals surface area contributed by atoms with Crippen LogP contribution in [0, 0.1) is 13.8 Å². The highest BCUT2D eigenvalue weighted by Gasteiger charge is 2.38. The number of sulfonamides is 1. The summed E-state index contributed by atoms with van der Waals surface area (Å²) in [7, 11) is -4.04. The smallest absolute Gasteiger partial charge is 0.326 e. The molecule has 8 nitrogen and oxygen atoms in total. The second-order valence-electron chi connectivity index (χ2n) is 6.98. The predicted octanol–water partition coefficient (Wildman–Crippen LogP) is 3.80. The molecule has 0 aliphatic heterocycles. The Hall–Kier alpha value is -2.93. The molecule has 2 aromatic rings. The Kier molecular flexibility index (Phi) is 8.61. The highest BCUT2D eigenvalue weighted by atomic mass is 32.2. The van der Waals surface area contributed by atoms with Gasteiger partial charge in [0, 0.05) is 23.5 Å². The molecular weight excluding hydrogens is 481 g/mol. The third kappa shape index (κ3) is 7.56. The molecular formula is C20H23F3N4O4S2. The van der Waals surface area contributed by atoms with Crippen LogP contribution in [0.15, 0.2) is 41.3 Å². The van der Waals surface area contributed by atoms with E-state index in [4.69, 9.17) is 0 Å². The molecule has 0 aliphatic carbocycles. The van der Waals surface area contributed by atoms with Crippen LogP contribution in [-0.2, 0) is 19.6 Å². The molecule has 0 fully saturated rings. The van der Waals surface area contributed by atoms with E-state index in [1.54, 1.807) is 19.9 Å². The number of alkyl halides is 3. The van der Waals surface area contributed by atoms with E-state index in [2.05, 4.69) is 15.5 Å². The highest BCUT2D eigenvalue weighted by Crippen LogP contribution is 2.27. The van der Waals surface area contributed by atoms with E-state index in [-0.39, 0.29) is 22.2 Å². The first-order valence-electron chi connectivity index (χ1n) is 9.49. The van der Waals surface area contributed by atoms with Crippen LogP contribution in [0.3, 0.4) is 0 Å².